The van der Waals surface area contributed by atoms with Crippen molar-refractivity contribution >= 4 is 17.8 Å². The third-order valence-corrected chi connectivity index (χ3v) is 3.59. The van der Waals surface area contributed by atoms with E-state index in [9.17, 15) is 4.39 Å². The Morgan fingerprint density at radius 3 is 2.44 bits per heavy atom. The molecule has 0 bridgehead atoms. The van der Waals surface area contributed by atoms with Crippen LogP contribution in [0.25, 0.3) is 11.1 Å². The van der Waals surface area contributed by atoms with E-state index in [0.29, 0.717) is 0 Å². The van der Waals surface area contributed by atoms with Crippen molar-refractivity contribution in [1.29, 1.82) is 0 Å². The smallest absolute Gasteiger partial charge is 0.414 e. The molecule has 27 heavy (non-hydrogen) atoms. The minimum absolute atomic E-state index is 0.151. The van der Waals surface area contributed by atoms with E-state index in [0.717, 1.165) is 35.8 Å². The molecule has 2 aromatic rings. The second-order valence-electron chi connectivity index (χ2n) is 5.57. The van der Waals surface area contributed by atoms with Gasteiger partial charge in [0, 0.05) is 12.1 Å². The lowest BCUT2D eigenvalue weighted by Gasteiger charge is -2.18. The monoisotopic (exact) mass is 374 g/mol. The first kappa shape index (κ1) is 19.9. The fourth-order valence-corrected chi connectivity index (χ4v) is 2.40. The summed E-state index contributed by atoms with van der Waals surface area (Å²) in [4.78, 5) is 22.6. The SMILES string of the molecule is CC(Oc1ccccc1-c1cccc(F)c1)C1=NCCN1.O=C(O)C(=O)O. The minimum Gasteiger partial charge on any atom is -0.482 e. The second-order valence-corrected chi connectivity index (χ2v) is 5.57. The Morgan fingerprint density at radius 1 is 1.15 bits per heavy atom. The van der Waals surface area contributed by atoms with Crippen LogP contribution in [0.1, 0.15) is 6.92 Å². The van der Waals surface area contributed by atoms with Crippen molar-refractivity contribution in [2.45, 2.75) is 13.0 Å². The first-order valence-electron chi connectivity index (χ1n) is 8.14. The van der Waals surface area contributed by atoms with Gasteiger partial charge in [-0.15, -0.1) is 0 Å². The lowest BCUT2D eigenvalue weighted by molar-refractivity contribution is -0.159. The highest BCUT2D eigenvalue weighted by Crippen LogP contribution is 2.30. The predicted octanol–water partition coefficient (Wildman–Crippen LogP) is 2.42. The van der Waals surface area contributed by atoms with Crippen LogP contribution in [0.3, 0.4) is 0 Å². The van der Waals surface area contributed by atoms with Crippen molar-refractivity contribution in [3.8, 4) is 16.9 Å². The van der Waals surface area contributed by atoms with Gasteiger partial charge in [0.05, 0.1) is 6.54 Å². The third-order valence-electron chi connectivity index (χ3n) is 3.59. The number of nitrogens with one attached hydrogen (secondary N) is 1. The van der Waals surface area contributed by atoms with Crippen LogP contribution in [-0.4, -0.2) is 47.2 Å². The lowest BCUT2D eigenvalue weighted by atomic mass is 10.0. The minimum atomic E-state index is -1.82. The number of rotatable bonds is 4. The van der Waals surface area contributed by atoms with E-state index in [1.54, 1.807) is 6.07 Å². The van der Waals surface area contributed by atoms with E-state index < -0.39 is 11.9 Å². The highest BCUT2D eigenvalue weighted by molar-refractivity contribution is 6.27. The van der Waals surface area contributed by atoms with E-state index in [-0.39, 0.29) is 11.9 Å². The molecule has 0 fully saturated rings. The maximum Gasteiger partial charge on any atom is 0.414 e. The largest absolute Gasteiger partial charge is 0.482 e. The van der Waals surface area contributed by atoms with E-state index in [4.69, 9.17) is 24.5 Å². The average molecular weight is 374 g/mol. The van der Waals surface area contributed by atoms with E-state index >= 15 is 0 Å². The zero-order chi connectivity index (χ0) is 19.8. The molecular formula is C19H19FN2O5. The van der Waals surface area contributed by atoms with Gasteiger partial charge in [0.1, 0.15) is 17.4 Å². The number of benzene rings is 2. The van der Waals surface area contributed by atoms with E-state index in [1.807, 2.05) is 37.3 Å². The van der Waals surface area contributed by atoms with Crippen LogP contribution >= 0.6 is 0 Å². The number of amidine groups is 1. The normalized spacial score (nSPS) is 13.5. The van der Waals surface area contributed by atoms with Crippen LogP contribution in [0.4, 0.5) is 4.39 Å². The summed E-state index contributed by atoms with van der Waals surface area (Å²) in [5.41, 5.74) is 1.68. The average Bonchev–Trinajstić information content (AvgIpc) is 3.17. The summed E-state index contributed by atoms with van der Waals surface area (Å²) in [7, 11) is 0. The van der Waals surface area contributed by atoms with Crippen LogP contribution in [-0.2, 0) is 9.59 Å². The van der Waals surface area contributed by atoms with E-state index in [2.05, 4.69) is 10.3 Å². The number of carbonyl (C=O) groups is 2. The van der Waals surface area contributed by atoms with Gasteiger partial charge in [-0.2, -0.15) is 0 Å². The number of aliphatic imine (C=N–C) groups is 1. The Balaban J connectivity index is 0.000000380. The number of hydrogen-bond donors (Lipinski definition) is 3. The molecule has 1 aliphatic heterocycles. The zero-order valence-electron chi connectivity index (χ0n) is 14.6. The quantitative estimate of drug-likeness (QED) is 0.710. The number of ether oxygens (including phenoxy) is 1. The maximum absolute atomic E-state index is 13.4. The van der Waals surface area contributed by atoms with Crippen LogP contribution in [0, 0.1) is 5.82 Å². The fraction of sp³-hybridized carbons (Fsp3) is 0.211. The van der Waals surface area contributed by atoms with Gasteiger partial charge in [0.2, 0.25) is 0 Å². The highest BCUT2D eigenvalue weighted by atomic mass is 19.1. The first-order chi connectivity index (χ1) is 12.9. The molecule has 1 atom stereocenters. The summed E-state index contributed by atoms with van der Waals surface area (Å²) in [6.45, 7) is 3.60. The molecule has 0 radical (unpaired) electrons. The molecule has 0 amide bonds. The first-order valence-corrected chi connectivity index (χ1v) is 8.14. The fourth-order valence-electron chi connectivity index (χ4n) is 2.40. The number of hydrogen-bond acceptors (Lipinski definition) is 5. The maximum atomic E-state index is 13.4. The third kappa shape index (κ3) is 5.81. The second kappa shape index (κ2) is 9.33. The van der Waals surface area contributed by atoms with Crippen LogP contribution in [0.15, 0.2) is 53.5 Å². The van der Waals surface area contributed by atoms with Crippen LogP contribution in [0.5, 0.6) is 5.75 Å². The van der Waals surface area contributed by atoms with Crippen molar-refractivity contribution in [2.24, 2.45) is 4.99 Å². The number of aliphatic carboxylic acids is 2. The van der Waals surface area contributed by atoms with Gasteiger partial charge in [0.15, 0.2) is 6.10 Å². The Hall–Kier alpha value is -3.42. The summed E-state index contributed by atoms with van der Waals surface area (Å²) in [5, 5.41) is 18.0. The zero-order valence-corrected chi connectivity index (χ0v) is 14.6. The highest BCUT2D eigenvalue weighted by Gasteiger charge is 2.17. The molecule has 0 aromatic heterocycles. The Kier molecular flexibility index (Phi) is 6.87. The Bertz CT molecular complexity index is 841. The molecule has 0 spiro atoms. The summed E-state index contributed by atoms with van der Waals surface area (Å²) in [6, 6.07) is 14.2. The number of para-hydroxylation sites is 1. The van der Waals surface area contributed by atoms with Crippen LogP contribution < -0.4 is 10.1 Å². The summed E-state index contributed by atoms with van der Waals surface area (Å²) in [5.74, 6) is -2.31. The van der Waals surface area contributed by atoms with Crippen molar-refractivity contribution in [1.82, 2.24) is 5.32 Å². The molecule has 3 rings (SSSR count). The molecule has 1 heterocycles. The van der Waals surface area contributed by atoms with Crippen molar-refractivity contribution < 1.29 is 28.9 Å². The van der Waals surface area contributed by atoms with Gasteiger partial charge in [0.25, 0.3) is 0 Å². The molecule has 2 aromatic carbocycles. The predicted molar refractivity (Wildman–Crippen MR) is 97.5 cm³/mol. The van der Waals surface area contributed by atoms with Gasteiger partial charge in [-0.05, 0) is 30.7 Å². The summed E-state index contributed by atoms with van der Waals surface area (Å²) < 4.78 is 19.4. The Labute approximate surface area is 155 Å². The van der Waals surface area contributed by atoms with Gasteiger partial charge in [-0.3, -0.25) is 4.99 Å². The number of halogens is 1. The molecule has 1 unspecified atom stereocenters. The molecule has 1 aliphatic rings. The molecule has 0 aliphatic carbocycles. The standard InChI is InChI=1S/C17H17FN2O.C2H2O4/c1-12(17-19-9-10-20-17)21-16-8-3-2-7-15(16)13-5-4-6-14(18)11-13;3-1(4)2(5)6/h2-8,11-12H,9-10H2,1H3,(H,19,20);(H,3,4)(H,5,6). The number of nitrogens with zero attached hydrogens (tertiary/aromatic N) is 1. The molecule has 0 saturated heterocycles. The molecule has 0 saturated carbocycles. The molecular weight excluding hydrogens is 355 g/mol. The van der Waals surface area contributed by atoms with Gasteiger partial charge < -0.3 is 20.3 Å². The van der Waals surface area contributed by atoms with E-state index in [1.165, 1.54) is 12.1 Å². The molecule has 8 heteroatoms. The number of carboxylic acids is 2. The summed E-state index contributed by atoms with van der Waals surface area (Å²) >= 11 is 0. The topological polar surface area (TPSA) is 108 Å². The lowest BCUT2D eigenvalue weighted by Crippen LogP contribution is -2.33. The van der Waals surface area contributed by atoms with Crippen molar-refractivity contribution in [3.05, 3.63) is 54.3 Å². The van der Waals surface area contributed by atoms with Crippen molar-refractivity contribution in [3.63, 3.8) is 0 Å². The Morgan fingerprint density at radius 2 is 1.85 bits per heavy atom. The molecule has 7 nitrogen and oxygen atoms in total. The van der Waals surface area contributed by atoms with Gasteiger partial charge in [-0.25, -0.2) is 14.0 Å². The van der Waals surface area contributed by atoms with Gasteiger partial charge in [-0.1, -0.05) is 30.3 Å². The molecule has 3 N–H and O–H groups in total. The molecule has 142 valence electrons. The van der Waals surface area contributed by atoms with Crippen LogP contribution in [0.2, 0.25) is 0 Å². The van der Waals surface area contributed by atoms with Crippen molar-refractivity contribution in [2.75, 3.05) is 13.1 Å². The summed E-state index contributed by atoms with van der Waals surface area (Å²) in [6.07, 6.45) is -0.151. The van der Waals surface area contributed by atoms with Gasteiger partial charge >= 0.3 is 11.9 Å². The number of carboxylic acid groups (broad SMARTS) is 2.